The Balaban J connectivity index is 1.17. The summed E-state index contributed by atoms with van der Waals surface area (Å²) < 4.78 is 11.9. The van der Waals surface area contributed by atoms with Crippen LogP contribution < -0.4 is 19.7 Å². The Morgan fingerprint density at radius 1 is 0.778 bits per heavy atom. The number of barbiturate groups is 1. The molecule has 1 N–H and O–H groups in total. The van der Waals surface area contributed by atoms with Gasteiger partial charge in [0.15, 0.2) is 0 Å². The Morgan fingerprint density at radius 2 is 1.53 bits per heavy atom. The van der Waals surface area contributed by atoms with E-state index < -0.39 is 17.8 Å². The van der Waals surface area contributed by atoms with Crippen LogP contribution in [0.1, 0.15) is 22.3 Å². The third-order valence-electron chi connectivity index (χ3n) is 7.46. The molecular weight excluding hydrogens is 611 g/mol. The zero-order valence-corrected chi connectivity index (χ0v) is 25.6. The summed E-state index contributed by atoms with van der Waals surface area (Å²) in [5.74, 6) is -0.595. The predicted molar refractivity (Wildman–Crippen MR) is 176 cm³/mol. The van der Waals surface area contributed by atoms with Gasteiger partial charge in [-0.05, 0) is 77.4 Å². The summed E-state index contributed by atoms with van der Waals surface area (Å²) in [4.78, 5) is 39.7. The Bertz CT molecular complexity index is 1990. The number of hydrogen-bond acceptors (Lipinski definition) is 5. The highest BCUT2D eigenvalue weighted by Gasteiger charge is 2.36. The minimum absolute atomic E-state index is 0.218. The summed E-state index contributed by atoms with van der Waals surface area (Å²) in [6.07, 6.45) is 1.39. The molecule has 6 rings (SSSR count). The molecule has 4 amide bonds. The number of halogens is 2. The summed E-state index contributed by atoms with van der Waals surface area (Å²) in [5.41, 5.74) is 3.53. The van der Waals surface area contributed by atoms with Gasteiger partial charge in [0.05, 0.1) is 10.7 Å². The Hall–Kier alpha value is -5.11. The Labute approximate surface area is 269 Å². The molecule has 0 spiro atoms. The molecule has 1 aliphatic heterocycles. The maximum atomic E-state index is 13.4. The standard InChI is InChI=1S/C36H26Cl2N2O5/c1-22-10-12-24-6-2-4-8-28(24)30(22)21-45-33-17-11-23(19-32(33)38)18-29-34(41)39-36(43)40(35(29)42)26-13-15-27(16-14-26)44-20-25-7-3-5-9-31(25)37/h2-19H,20-21H2,1H3,(H,39,41,43)/b29-18+. The molecule has 0 aromatic heterocycles. The molecule has 0 radical (unpaired) electrons. The molecule has 0 unspecified atom stereocenters. The van der Waals surface area contributed by atoms with Crippen LogP contribution in [0.15, 0.2) is 109 Å². The van der Waals surface area contributed by atoms with Crippen molar-refractivity contribution in [1.82, 2.24) is 5.32 Å². The summed E-state index contributed by atoms with van der Waals surface area (Å²) >= 11 is 12.8. The minimum Gasteiger partial charge on any atom is -0.489 e. The van der Waals surface area contributed by atoms with E-state index in [1.165, 1.54) is 6.08 Å². The summed E-state index contributed by atoms with van der Waals surface area (Å²) in [5, 5.41) is 5.37. The fourth-order valence-corrected chi connectivity index (χ4v) is 5.47. The van der Waals surface area contributed by atoms with Crippen LogP contribution in [0.25, 0.3) is 16.8 Å². The Morgan fingerprint density at radius 3 is 2.31 bits per heavy atom. The van der Waals surface area contributed by atoms with Crippen molar-refractivity contribution in [3.8, 4) is 11.5 Å². The van der Waals surface area contributed by atoms with Crippen LogP contribution in [0.4, 0.5) is 10.5 Å². The van der Waals surface area contributed by atoms with Gasteiger partial charge in [0, 0.05) is 16.1 Å². The van der Waals surface area contributed by atoms with E-state index in [1.54, 1.807) is 48.5 Å². The van der Waals surface area contributed by atoms with Crippen LogP contribution in [0.3, 0.4) is 0 Å². The van der Waals surface area contributed by atoms with E-state index in [9.17, 15) is 14.4 Å². The first-order valence-electron chi connectivity index (χ1n) is 14.1. The van der Waals surface area contributed by atoms with Gasteiger partial charge in [-0.2, -0.15) is 0 Å². The molecule has 1 aliphatic rings. The van der Waals surface area contributed by atoms with E-state index in [0.29, 0.717) is 33.7 Å². The largest absolute Gasteiger partial charge is 0.489 e. The average Bonchev–Trinajstić information content (AvgIpc) is 3.03. The Kier molecular flexibility index (Phi) is 8.56. The molecular formula is C36H26Cl2N2O5. The molecule has 0 atom stereocenters. The van der Waals surface area contributed by atoms with Crippen molar-refractivity contribution in [2.24, 2.45) is 0 Å². The maximum absolute atomic E-state index is 13.4. The number of rotatable bonds is 8. The lowest BCUT2D eigenvalue weighted by Crippen LogP contribution is -2.54. The van der Waals surface area contributed by atoms with E-state index in [2.05, 4.69) is 29.6 Å². The van der Waals surface area contributed by atoms with Gasteiger partial charge in [-0.25, -0.2) is 9.69 Å². The molecule has 0 bridgehead atoms. The van der Waals surface area contributed by atoms with Crippen LogP contribution in [0.2, 0.25) is 10.0 Å². The topological polar surface area (TPSA) is 84.9 Å². The predicted octanol–water partition coefficient (Wildman–Crippen LogP) is 8.28. The van der Waals surface area contributed by atoms with Crippen LogP contribution in [0.5, 0.6) is 11.5 Å². The lowest BCUT2D eigenvalue weighted by molar-refractivity contribution is -0.122. The summed E-state index contributed by atoms with van der Waals surface area (Å²) in [7, 11) is 0. The molecule has 1 heterocycles. The van der Waals surface area contributed by atoms with Crippen molar-refractivity contribution < 1.29 is 23.9 Å². The van der Waals surface area contributed by atoms with E-state index in [1.807, 2.05) is 37.3 Å². The van der Waals surface area contributed by atoms with Gasteiger partial charge in [0.2, 0.25) is 0 Å². The van der Waals surface area contributed by atoms with Gasteiger partial charge in [0.1, 0.15) is 30.3 Å². The number of ether oxygens (including phenoxy) is 2. The number of carbonyl (C=O) groups is 3. The first-order valence-corrected chi connectivity index (χ1v) is 14.8. The van der Waals surface area contributed by atoms with Crippen molar-refractivity contribution in [3.63, 3.8) is 0 Å². The number of hydrogen-bond donors (Lipinski definition) is 1. The van der Waals surface area contributed by atoms with Crippen molar-refractivity contribution in [2.75, 3.05) is 4.90 Å². The third kappa shape index (κ3) is 6.41. The third-order valence-corrected chi connectivity index (χ3v) is 8.13. The van der Waals surface area contributed by atoms with Crippen molar-refractivity contribution >= 4 is 63.6 Å². The molecule has 1 fully saturated rings. The van der Waals surface area contributed by atoms with Gasteiger partial charge < -0.3 is 9.47 Å². The van der Waals surface area contributed by atoms with Gasteiger partial charge in [0.25, 0.3) is 11.8 Å². The van der Waals surface area contributed by atoms with Gasteiger partial charge in [-0.1, -0.05) is 83.9 Å². The molecule has 0 saturated carbocycles. The number of nitrogens with zero attached hydrogens (tertiary/aromatic N) is 1. The number of urea groups is 1. The maximum Gasteiger partial charge on any atom is 0.335 e. The van der Waals surface area contributed by atoms with Crippen molar-refractivity contribution in [2.45, 2.75) is 20.1 Å². The SMILES string of the molecule is Cc1ccc2ccccc2c1COc1ccc(/C=C2\C(=O)NC(=O)N(c3ccc(OCc4ccccc4Cl)cc3)C2=O)cc1Cl. The first kappa shape index (κ1) is 29.9. The zero-order chi connectivity index (χ0) is 31.5. The van der Waals surface area contributed by atoms with E-state index in [-0.39, 0.29) is 17.9 Å². The van der Waals surface area contributed by atoms with Crippen molar-refractivity contribution in [1.29, 1.82) is 0 Å². The number of aryl methyl sites for hydroxylation is 1. The average molecular weight is 638 g/mol. The fraction of sp³-hybridized carbons (Fsp3) is 0.0833. The molecule has 7 nitrogen and oxygen atoms in total. The van der Waals surface area contributed by atoms with Crippen molar-refractivity contribution in [3.05, 3.63) is 141 Å². The number of fused-ring (bicyclic) bond motifs is 1. The molecule has 5 aromatic carbocycles. The van der Waals surface area contributed by atoms with Crippen LogP contribution in [0, 0.1) is 6.92 Å². The number of nitrogens with one attached hydrogen (secondary N) is 1. The normalized spacial score (nSPS) is 14.2. The smallest absolute Gasteiger partial charge is 0.335 e. The lowest BCUT2D eigenvalue weighted by Gasteiger charge is -2.26. The lowest BCUT2D eigenvalue weighted by atomic mass is 10.0. The highest BCUT2D eigenvalue weighted by atomic mass is 35.5. The second kappa shape index (κ2) is 12.9. The van der Waals surface area contributed by atoms with E-state index >= 15 is 0 Å². The van der Waals surface area contributed by atoms with E-state index in [0.717, 1.165) is 32.4 Å². The number of anilines is 1. The number of imide groups is 2. The number of carbonyl (C=O) groups excluding carboxylic acids is 3. The summed E-state index contributed by atoms with van der Waals surface area (Å²) in [6.45, 7) is 2.60. The second-order valence-electron chi connectivity index (χ2n) is 10.4. The number of benzene rings is 5. The van der Waals surface area contributed by atoms with Gasteiger partial charge in [-0.15, -0.1) is 0 Å². The molecule has 1 saturated heterocycles. The molecule has 9 heteroatoms. The highest BCUT2D eigenvalue weighted by molar-refractivity contribution is 6.39. The van der Waals surface area contributed by atoms with Crippen LogP contribution >= 0.6 is 23.2 Å². The zero-order valence-electron chi connectivity index (χ0n) is 24.1. The molecule has 0 aliphatic carbocycles. The quantitative estimate of drug-likeness (QED) is 0.137. The van der Waals surface area contributed by atoms with Gasteiger partial charge >= 0.3 is 6.03 Å². The van der Waals surface area contributed by atoms with E-state index in [4.69, 9.17) is 32.7 Å². The van der Waals surface area contributed by atoms with Crippen LogP contribution in [-0.2, 0) is 22.8 Å². The number of amides is 4. The summed E-state index contributed by atoms with van der Waals surface area (Å²) in [6, 6.07) is 30.1. The monoisotopic (exact) mass is 636 g/mol. The molecule has 45 heavy (non-hydrogen) atoms. The van der Waals surface area contributed by atoms with Gasteiger partial charge in [-0.3, -0.25) is 14.9 Å². The second-order valence-corrected chi connectivity index (χ2v) is 11.2. The fourth-order valence-electron chi connectivity index (χ4n) is 5.04. The van der Waals surface area contributed by atoms with Crippen LogP contribution in [-0.4, -0.2) is 17.8 Å². The first-order chi connectivity index (χ1) is 21.8. The highest BCUT2D eigenvalue weighted by Crippen LogP contribution is 2.31. The molecule has 5 aromatic rings. The molecule has 224 valence electrons. The minimum atomic E-state index is -0.850.